The van der Waals surface area contributed by atoms with E-state index in [2.05, 4.69) is 0 Å². The highest BCUT2D eigenvalue weighted by atomic mass is 19.2. The van der Waals surface area contributed by atoms with Crippen LogP contribution in [0.2, 0.25) is 0 Å². The molecule has 2 aromatic carbocycles. The molecule has 0 fully saturated rings. The minimum absolute atomic E-state index is 0.00670. The summed E-state index contributed by atoms with van der Waals surface area (Å²) in [6, 6.07) is 10.7. The highest BCUT2D eigenvalue weighted by Crippen LogP contribution is 2.34. The SMILES string of the molecule is CCN(C)C(=O)c1ccc(CN2C(=O)COc3ccc(C(=O)COc4ccc(F)c(F)c4)cc32)o1. The zero-order chi connectivity index (χ0) is 25.1. The first-order valence-electron chi connectivity index (χ1n) is 10.8. The van der Waals surface area contributed by atoms with Gasteiger partial charge >= 0.3 is 0 Å². The number of furan rings is 1. The molecule has 4 rings (SSSR count). The average Bonchev–Trinajstić information content (AvgIpc) is 3.33. The maximum atomic E-state index is 13.4. The van der Waals surface area contributed by atoms with Crippen molar-refractivity contribution < 1.29 is 37.1 Å². The van der Waals surface area contributed by atoms with Crippen molar-refractivity contribution in [2.45, 2.75) is 13.5 Å². The van der Waals surface area contributed by atoms with E-state index in [1.807, 2.05) is 6.92 Å². The average molecular weight is 484 g/mol. The summed E-state index contributed by atoms with van der Waals surface area (Å²) in [4.78, 5) is 40.5. The molecule has 0 N–H and O–H groups in total. The fourth-order valence-electron chi connectivity index (χ4n) is 3.41. The molecular formula is C25H22F2N2O6. The Hall–Kier alpha value is -4.21. The van der Waals surface area contributed by atoms with Crippen LogP contribution in [0.3, 0.4) is 0 Å². The molecule has 0 saturated heterocycles. The number of amides is 2. The van der Waals surface area contributed by atoms with Gasteiger partial charge in [0.15, 0.2) is 36.4 Å². The molecule has 1 aliphatic rings. The van der Waals surface area contributed by atoms with E-state index < -0.39 is 24.0 Å². The van der Waals surface area contributed by atoms with Crippen LogP contribution in [0, 0.1) is 11.6 Å². The molecule has 0 unspecified atom stereocenters. The number of fused-ring (bicyclic) bond motifs is 1. The lowest BCUT2D eigenvalue weighted by Crippen LogP contribution is -2.38. The maximum absolute atomic E-state index is 13.4. The Morgan fingerprint density at radius 2 is 1.89 bits per heavy atom. The minimum atomic E-state index is -1.08. The maximum Gasteiger partial charge on any atom is 0.289 e. The third kappa shape index (κ3) is 5.16. The van der Waals surface area contributed by atoms with E-state index in [-0.39, 0.29) is 42.0 Å². The Bertz CT molecular complexity index is 1290. The zero-order valence-corrected chi connectivity index (χ0v) is 19.0. The van der Waals surface area contributed by atoms with Crippen LogP contribution >= 0.6 is 0 Å². The molecule has 0 atom stereocenters. The number of Topliss-reactive ketones (excluding diaryl/α,β-unsaturated/α-hetero) is 1. The van der Waals surface area contributed by atoms with Crippen LogP contribution in [-0.4, -0.2) is 49.3 Å². The van der Waals surface area contributed by atoms with Crippen molar-refractivity contribution in [2.24, 2.45) is 0 Å². The normalized spacial score (nSPS) is 12.7. The highest BCUT2D eigenvalue weighted by Gasteiger charge is 2.28. The molecule has 182 valence electrons. The highest BCUT2D eigenvalue weighted by molar-refractivity contribution is 6.02. The smallest absolute Gasteiger partial charge is 0.289 e. The van der Waals surface area contributed by atoms with Gasteiger partial charge in [0.1, 0.15) is 17.3 Å². The first-order valence-corrected chi connectivity index (χ1v) is 10.8. The number of ketones is 1. The summed E-state index contributed by atoms with van der Waals surface area (Å²) in [6.07, 6.45) is 0. The van der Waals surface area contributed by atoms with Crippen LogP contribution in [0.15, 0.2) is 52.9 Å². The predicted octanol–water partition coefficient (Wildman–Crippen LogP) is 3.84. The Morgan fingerprint density at radius 3 is 2.63 bits per heavy atom. The molecule has 8 nitrogen and oxygen atoms in total. The standard InChI is InChI=1S/C25H22F2N2O6/c1-3-28(2)25(32)23-9-6-17(35-23)12-29-20-10-15(4-8-22(20)34-14-24(29)31)21(30)13-33-16-5-7-18(26)19(27)11-16/h4-11H,3,12-14H2,1-2H3. The number of hydrogen-bond donors (Lipinski definition) is 0. The second kappa shape index (κ2) is 9.96. The molecular weight excluding hydrogens is 462 g/mol. The molecule has 1 aliphatic heterocycles. The van der Waals surface area contributed by atoms with E-state index in [0.717, 1.165) is 12.1 Å². The first kappa shape index (κ1) is 23.9. The number of ether oxygens (including phenoxy) is 2. The predicted molar refractivity (Wildman–Crippen MR) is 121 cm³/mol. The Kier molecular flexibility index (Phi) is 6.81. The van der Waals surface area contributed by atoms with Gasteiger partial charge in [0, 0.05) is 25.2 Å². The lowest BCUT2D eigenvalue weighted by Gasteiger charge is -2.29. The van der Waals surface area contributed by atoms with Crippen LogP contribution in [0.25, 0.3) is 0 Å². The van der Waals surface area contributed by atoms with Crippen LogP contribution in [0.4, 0.5) is 14.5 Å². The largest absolute Gasteiger partial charge is 0.485 e. The van der Waals surface area contributed by atoms with Gasteiger partial charge in [-0.05, 0) is 49.4 Å². The molecule has 2 heterocycles. The first-order chi connectivity index (χ1) is 16.8. The summed E-state index contributed by atoms with van der Waals surface area (Å²) in [5.74, 6) is -2.22. The topological polar surface area (TPSA) is 89.3 Å². The van der Waals surface area contributed by atoms with E-state index in [1.165, 1.54) is 28.0 Å². The van der Waals surface area contributed by atoms with Crippen molar-refractivity contribution in [1.29, 1.82) is 0 Å². The summed E-state index contributed by atoms with van der Waals surface area (Å²) in [5.41, 5.74) is 0.587. The molecule has 0 radical (unpaired) electrons. The van der Waals surface area contributed by atoms with Gasteiger partial charge in [-0.1, -0.05) is 0 Å². The number of nitrogens with zero attached hydrogens (tertiary/aromatic N) is 2. The Balaban J connectivity index is 1.51. The number of hydrogen-bond acceptors (Lipinski definition) is 6. The molecule has 0 bridgehead atoms. The monoisotopic (exact) mass is 484 g/mol. The molecule has 0 aliphatic carbocycles. The van der Waals surface area contributed by atoms with Crippen molar-refractivity contribution in [3.05, 3.63) is 77.2 Å². The van der Waals surface area contributed by atoms with Crippen LogP contribution < -0.4 is 14.4 Å². The van der Waals surface area contributed by atoms with Gasteiger partial charge < -0.3 is 18.8 Å². The van der Waals surface area contributed by atoms with Gasteiger partial charge in [-0.2, -0.15) is 0 Å². The summed E-state index contributed by atoms with van der Waals surface area (Å²) < 4.78 is 42.8. The third-order valence-corrected chi connectivity index (χ3v) is 5.49. The van der Waals surface area contributed by atoms with Gasteiger partial charge in [-0.3, -0.25) is 19.3 Å². The second-order valence-electron chi connectivity index (χ2n) is 7.82. The number of carbonyl (C=O) groups excluding carboxylic acids is 3. The Morgan fingerprint density at radius 1 is 1.09 bits per heavy atom. The molecule has 0 saturated carbocycles. The summed E-state index contributed by atoms with van der Waals surface area (Å²) in [5, 5.41) is 0. The molecule has 2 amide bonds. The fraction of sp³-hybridized carbons (Fsp3) is 0.240. The van der Waals surface area contributed by atoms with Crippen LogP contribution in [0.5, 0.6) is 11.5 Å². The van der Waals surface area contributed by atoms with Gasteiger partial charge in [0.05, 0.1) is 12.2 Å². The molecule has 3 aromatic rings. The van der Waals surface area contributed by atoms with Crippen molar-refractivity contribution in [2.75, 3.05) is 31.7 Å². The Labute approximate surface area is 199 Å². The lowest BCUT2D eigenvalue weighted by molar-refractivity contribution is -0.121. The second-order valence-corrected chi connectivity index (χ2v) is 7.82. The molecule has 10 heteroatoms. The third-order valence-electron chi connectivity index (χ3n) is 5.49. The van der Waals surface area contributed by atoms with E-state index in [9.17, 15) is 23.2 Å². The lowest BCUT2D eigenvalue weighted by atomic mass is 10.1. The van der Waals surface area contributed by atoms with Gasteiger partial charge in [0.2, 0.25) is 0 Å². The quantitative estimate of drug-likeness (QED) is 0.452. The minimum Gasteiger partial charge on any atom is -0.485 e. The fourth-order valence-corrected chi connectivity index (χ4v) is 3.41. The summed E-state index contributed by atoms with van der Waals surface area (Å²) >= 11 is 0. The number of rotatable bonds is 8. The van der Waals surface area contributed by atoms with E-state index in [1.54, 1.807) is 25.2 Å². The van der Waals surface area contributed by atoms with Crippen molar-refractivity contribution >= 4 is 23.3 Å². The number of halogens is 2. The van der Waals surface area contributed by atoms with Gasteiger partial charge in [-0.15, -0.1) is 0 Å². The number of carbonyl (C=O) groups is 3. The zero-order valence-electron chi connectivity index (χ0n) is 19.0. The summed E-state index contributed by atoms with van der Waals surface area (Å²) in [6.45, 7) is 1.77. The van der Waals surface area contributed by atoms with Crippen molar-refractivity contribution in [3.8, 4) is 11.5 Å². The van der Waals surface area contributed by atoms with E-state index in [0.29, 0.717) is 23.7 Å². The summed E-state index contributed by atoms with van der Waals surface area (Å²) in [7, 11) is 1.65. The van der Waals surface area contributed by atoms with Crippen molar-refractivity contribution in [3.63, 3.8) is 0 Å². The molecule has 1 aromatic heterocycles. The van der Waals surface area contributed by atoms with Gasteiger partial charge in [-0.25, -0.2) is 8.78 Å². The number of benzene rings is 2. The number of anilines is 1. The van der Waals surface area contributed by atoms with Gasteiger partial charge in [0.25, 0.3) is 11.8 Å². The van der Waals surface area contributed by atoms with Crippen LogP contribution in [0.1, 0.15) is 33.6 Å². The van der Waals surface area contributed by atoms with E-state index in [4.69, 9.17) is 13.9 Å². The van der Waals surface area contributed by atoms with Crippen molar-refractivity contribution in [1.82, 2.24) is 4.90 Å². The molecule has 0 spiro atoms. The van der Waals surface area contributed by atoms with Crippen LogP contribution in [-0.2, 0) is 11.3 Å². The molecule has 35 heavy (non-hydrogen) atoms. The van der Waals surface area contributed by atoms with E-state index >= 15 is 0 Å².